The third-order valence-corrected chi connectivity index (χ3v) is 6.27. The number of primary sulfonamides is 1. The van der Waals surface area contributed by atoms with Crippen LogP contribution in [0.5, 0.6) is 0 Å². The molecular formula is C21H16FN7O2S. The van der Waals surface area contributed by atoms with Crippen molar-refractivity contribution in [3.8, 4) is 6.07 Å². The lowest BCUT2D eigenvalue weighted by Crippen LogP contribution is -2.14. The van der Waals surface area contributed by atoms with Gasteiger partial charge in [0.25, 0.3) is 0 Å². The first kappa shape index (κ1) is 19.9. The number of hydrogen-bond donors (Lipinski definition) is 3. The standard InChI is InChI=1S/C21H16FN7O2S/c1-11-2-3-14(8-19(11)32(24,30)31)27-21-25-10-15(22)20(28-21)26-13-4-5-16-12(6-13)7-17-18(9-23)29(16)17/h2-8,10,18H,1H3,(H2,24,30,31)(H2,25,26,27,28). The number of halogens is 1. The molecule has 0 radical (unpaired) electrons. The molecule has 0 fully saturated rings. The van der Waals surface area contributed by atoms with Gasteiger partial charge in [-0.25, -0.2) is 22.9 Å². The van der Waals surface area contributed by atoms with Crippen molar-refractivity contribution in [3.05, 3.63) is 65.7 Å². The van der Waals surface area contributed by atoms with Gasteiger partial charge in [-0.05, 0) is 48.9 Å². The van der Waals surface area contributed by atoms with E-state index in [9.17, 15) is 12.8 Å². The molecule has 11 heteroatoms. The number of nitrogens with one attached hydrogen (secondary N) is 2. The number of nitrogens with zero attached hydrogens (tertiary/aromatic N) is 4. The number of aromatic nitrogens is 3. The van der Waals surface area contributed by atoms with E-state index in [-0.39, 0.29) is 22.7 Å². The first-order chi connectivity index (χ1) is 15.2. The number of nitrogens with two attached hydrogens (primary N) is 1. The van der Waals surface area contributed by atoms with E-state index in [4.69, 9.17) is 10.4 Å². The third-order valence-electron chi connectivity index (χ3n) is 5.22. The summed E-state index contributed by atoms with van der Waals surface area (Å²) < 4.78 is 39.7. The van der Waals surface area contributed by atoms with Crippen LogP contribution in [0.1, 0.15) is 17.3 Å². The van der Waals surface area contributed by atoms with Crippen LogP contribution in [0, 0.1) is 24.1 Å². The number of aryl methyl sites for hydroxylation is 1. The predicted octanol–water partition coefficient (Wildman–Crippen LogP) is 3.44. The SMILES string of the molecule is Cc1ccc(Nc2ncc(F)c(Nc3ccc4c(c3)cc3n4C3C#N)n2)cc1S(N)(=O)=O. The summed E-state index contributed by atoms with van der Waals surface area (Å²) in [6, 6.07) is 14.0. The first-order valence-electron chi connectivity index (χ1n) is 9.49. The number of rotatable bonds is 5. The summed E-state index contributed by atoms with van der Waals surface area (Å²) in [4.78, 5) is 8.05. The quantitative estimate of drug-likeness (QED) is 0.424. The maximum atomic E-state index is 14.3. The second-order valence-electron chi connectivity index (χ2n) is 7.41. The fourth-order valence-corrected chi connectivity index (χ4v) is 4.46. The maximum Gasteiger partial charge on any atom is 0.238 e. The molecule has 0 saturated carbocycles. The molecule has 1 aliphatic heterocycles. The van der Waals surface area contributed by atoms with E-state index >= 15 is 0 Å². The molecule has 1 atom stereocenters. The van der Waals surface area contributed by atoms with Gasteiger partial charge in [-0.2, -0.15) is 10.2 Å². The Morgan fingerprint density at radius 2 is 1.91 bits per heavy atom. The number of benzene rings is 2. The lowest BCUT2D eigenvalue weighted by molar-refractivity contribution is 0.597. The van der Waals surface area contributed by atoms with Crippen molar-refractivity contribution in [2.24, 2.45) is 5.14 Å². The highest BCUT2D eigenvalue weighted by atomic mass is 32.2. The van der Waals surface area contributed by atoms with Crippen molar-refractivity contribution in [1.29, 1.82) is 5.26 Å². The Bertz CT molecular complexity index is 1560. The molecular weight excluding hydrogens is 433 g/mol. The van der Waals surface area contributed by atoms with E-state index in [0.29, 0.717) is 16.9 Å². The van der Waals surface area contributed by atoms with Crippen molar-refractivity contribution in [2.75, 3.05) is 10.6 Å². The van der Waals surface area contributed by atoms with Crippen LogP contribution in [-0.4, -0.2) is 23.0 Å². The molecule has 1 aliphatic rings. The highest BCUT2D eigenvalue weighted by Crippen LogP contribution is 2.41. The monoisotopic (exact) mass is 449 g/mol. The Morgan fingerprint density at radius 1 is 1.16 bits per heavy atom. The molecule has 5 rings (SSSR count). The van der Waals surface area contributed by atoms with E-state index in [1.165, 1.54) is 6.07 Å². The van der Waals surface area contributed by atoms with Crippen LogP contribution < -0.4 is 15.8 Å². The Morgan fingerprint density at radius 3 is 2.66 bits per heavy atom. The summed E-state index contributed by atoms with van der Waals surface area (Å²) in [6.45, 7) is 1.63. The maximum absolute atomic E-state index is 14.3. The Kier molecular flexibility index (Phi) is 4.37. The van der Waals surface area contributed by atoms with Gasteiger partial charge in [-0.15, -0.1) is 0 Å². The molecule has 0 spiro atoms. The average molecular weight is 449 g/mol. The van der Waals surface area contributed by atoms with Gasteiger partial charge in [0.15, 0.2) is 17.7 Å². The Hall–Kier alpha value is -4.01. The van der Waals surface area contributed by atoms with Crippen molar-refractivity contribution >= 4 is 44.1 Å². The van der Waals surface area contributed by atoms with E-state index in [1.807, 2.05) is 22.8 Å². The number of hydrogen-bond acceptors (Lipinski definition) is 7. The summed E-state index contributed by atoms with van der Waals surface area (Å²) in [5.41, 5.74) is 3.40. The van der Waals surface area contributed by atoms with E-state index in [1.54, 1.807) is 25.1 Å². The zero-order valence-corrected chi connectivity index (χ0v) is 17.5. The van der Waals surface area contributed by atoms with Gasteiger partial charge in [0.05, 0.1) is 28.4 Å². The molecule has 4 aromatic rings. The van der Waals surface area contributed by atoms with Crippen LogP contribution in [0.15, 0.2) is 53.6 Å². The zero-order valence-electron chi connectivity index (χ0n) is 16.7. The third kappa shape index (κ3) is 3.41. The molecule has 4 N–H and O–H groups in total. The normalized spacial score (nSPS) is 14.6. The minimum absolute atomic E-state index is 0.0253. The van der Waals surface area contributed by atoms with Crippen molar-refractivity contribution < 1.29 is 12.8 Å². The highest BCUT2D eigenvalue weighted by molar-refractivity contribution is 7.89. The van der Waals surface area contributed by atoms with Gasteiger partial charge in [-0.3, -0.25) is 0 Å². The van der Waals surface area contributed by atoms with Gasteiger partial charge >= 0.3 is 0 Å². The van der Waals surface area contributed by atoms with Crippen molar-refractivity contribution in [2.45, 2.75) is 17.9 Å². The van der Waals surface area contributed by atoms with E-state index in [2.05, 4.69) is 26.7 Å². The fourth-order valence-electron chi connectivity index (χ4n) is 3.65. The summed E-state index contributed by atoms with van der Waals surface area (Å²) >= 11 is 0. The van der Waals surface area contributed by atoms with Gasteiger partial charge < -0.3 is 15.2 Å². The minimum atomic E-state index is -3.89. The molecule has 0 amide bonds. The molecule has 0 bridgehead atoms. The van der Waals surface area contributed by atoms with Crippen LogP contribution >= 0.6 is 0 Å². The van der Waals surface area contributed by atoms with Crippen molar-refractivity contribution in [1.82, 2.24) is 14.5 Å². The lowest BCUT2D eigenvalue weighted by Gasteiger charge is -2.11. The van der Waals surface area contributed by atoms with Crippen molar-refractivity contribution in [3.63, 3.8) is 0 Å². The lowest BCUT2D eigenvalue weighted by atomic mass is 10.2. The van der Waals surface area contributed by atoms with E-state index in [0.717, 1.165) is 22.8 Å². The van der Waals surface area contributed by atoms with Crippen LogP contribution in [-0.2, 0) is 10.0 Å². The fraction of sp³-hybridized carbons (Fsp3) is 0.0952. The number of nitriles is 1. The molecule has 1 unspecified atom stereocenters. The second-order valence-corrected chi connectivity index (χ2v) is 8.94. The zero-order chi connectivity index (χ0) is 22.6. The highest BCUT2D eigenvalue weighted by Gasteiger charge is 2.34. The Labute approximate surface area is 182 Å². The molecule has 160 valence electrons. The molecule has 0 saturated heterocycles. The first-order valence-corrected chi connectivity index (χ1v) is 11.0. The predicted molar refractivity (Wildman–Crippen MR) is 117 cm³/mol. The summed E-state index contributed by atoms with van der Waals surface area (Å²) in [7, 11) is -3.89. The summed E-state index contributed by atoms with van der Waals surface area (Å²) in [5, 5.41) is 21.0. The largest absolute Gasteiger partial charge is 0.338 e. The Balaban J connectivity index is 1.40. The second kappa shape index (κ2) is 7.01. The van der Waals surface area contributed by atoms with Gasteiger partial charge in [0.2, 0.25) is 16.0 Å². The average Bonchev–Trinajstić information content (AvgIpc) is 3.30. The van der Waals surface area contributed by atoms with Gasteiger partial charge in [-0.1, -0.05) is 6.07 Å². The summed E-state index contributed by atoms with van der Waals surface area (Å²) in [6.07, 6.45) is 1.01. The number of anilines is 4. The topological polar surface area (TPSA) is 139 Å². The summed E-state index contributed by atoms with van der Waals surface area (Å²) in [5.74, 6) is -0.627. The van der Waals surface area contributed by atoms with E-state index < -0.39 is 15.8 Å². The van der Waals surface area contributed by atoms with Crippen LogP contribution in [0.3, 0.4) is 0 Å². The van der Waals surface area contributed by atoms with Crippen LogP contribution in [0.4, 0.5) is 27.5 Å². The molecule has 3 heterocycles. The minimum Gasteiger partial charge on any atom is -0.338 e. The number of fused-ring (bicyclic) bond motifs is 3. The van der Waals surface area contributed by atoms with Crippen LogP contribution in [0.25, 0.3) is 10.9 Å². The molecule has 2 aromatic carbocycles. The van der Waals surface area contributed by atoms with Gasteiger partial charge in [0.1, 0.15) is 0 Å². The molecule has 0 aliphatic carbocycles. The smallest absolute Gasteiger partial charge is 0.238 e. The van der Waals surface area contributed by atoms with Crippen LogP contribution in [0.2, 0.25) is 0 Å². The molecule has 9 nitrogen and oxygen atoms in total. The number of sulfonamides is 1. The van der Waals surface area contributed by atoms with Gasteiger partial charge in [0, 0.05) is 16.8 Å². The molecule has 2 aromatic heterocycles. The molecule has 32 heavy (non-hydrogen) atoms.